The molecule has 1 aromatic heterocycles. The normalized spacial score (nSPS) is 20.4. The van der Waals surface area contributed by atoms with Gasteiger partial charge >= 0.3 is 11.9 Å². The van der Waals surface area contributed by atoms with E-state index >= 15 is 4.39 Å². The Bertz CT molecular complexity index is 1460. The number of hydrogen-bond acceptors (Lipinski definition) is 8. The Morgan fingerprint density at radius 3 is 2.72 bits per heavy atom. The van der Waals surface area contributed by atoms with Crippen LogP contribution in [0, 0.1) is 12.7 Å². The van der Waals surface area contributed by atoms with Crippen molar-refractivity contribution >= 4 is 39.9 Å². The highest BCUT2D eigenvalue weighted by Crippen LogP contribution is 2.45. The fraction of sp³-hybridized carbons (Fsp3) is 0.231. The van der Waals surface area contributed by atoms with Crippen LogP contribution < -0.4 is 9.64 Å². The standard InChI is InChI=1S/C26H21FN2O6S/c1-12-10-15-11-14(8-9-18(15)35-12)21(30)19-20(16-6-4-5-7-17(16)27)29(24(32)22(19)31)26-28-13(2)23(36-26)25(33)34-3/h4-9,11-12,20,30H,10H2,1-3H3/b21-19+/t12-,20+/m0/s1. The Balaban J connectivity index is 1.70. The van der Waals surface area contributed by atoms with Gasteiger partial charge < -0.3 is 14.6 Å². The summed E-state index contributed by atoms with van der Waals surface area (Å²) in [6.45, 7) is 3.48. The van der Waals surface area contributed by atoms with Crippen molar-refractivity contribution in [1.29, 1.82) is 0 Å². The van der Waals surface area contributed by atoms with Crippen LogP contribution >= 0.6 is 11.3 Å². The summed E-state index contributed by atoms with van der Waals surface area (Å²) in [5.74, 6) is -3.05. The van der Waals surface area contributed by atoms with Gasteiger partial charge in [-0.3, -0.25) is 14.5 Å². The number of esters is 1. The quantitative estimate of drug-likeness (QED) is 0.242. The van der Waals surface area contributed by atoms with Gasteiger partial charge in [0, 0.05) is 17.5 Å². The molecular formula is C26H21FN2O6S. The minimum absolute atomic E-state index is 0.00355. The number of halogens is 1. The first kappa shape index (κ1) is 23.7. The zero-order chi connectivity index (χ0) is 25.7. The number of aryl methyl sites for hydroxylation is 1. The lowest BCUT2D eigenvalue weighted by Gasteiger charge is -2.23. The number of ketones is 1. The second-order valence-corrected chi connectivity index (χ2v) is 9.53. The van der Waals surface area contributed by atoms with Crippen molar-refractivity contribution in [3.05, 3.63) is 81.1 Å². The van der Waals surface area contributed by atoms with Gasteiger partial charge in [-0.25, -0.2) is 14.2 Å². The molecule has 1 N–H and O–H groups in total. The molecule has 3 heterocycles. The minimum atomic E-state index is -1.30. The third-order valence-corrected chi connectivity index (χ3v) is 7.31. The molecule has 2 aliphatic heterocycles. The number of thiazole rings is 1. The highest BCUT2D eigenvalue weighted by atomic mass is 32.1. The molecule has 1 fully saturated rings. The maximum Gasteiger partial charge on any atom is 0.350 e. The molecule has 0 spiro atoms. The van der Waals surface area contributed by atoms with Crippen LogP contribution in [-0.2, 0) is 20.7 Å². The van der Waals surface area contributed by atoms with Crippen LogP contribution in [0.1, 0.15) is 45.0 Å². The highest BCUT2D eigenvalue weighted by Gasteiger charge is 2.49. The van der Waals surface area contributed by atoms with Crippen LogP contribution in [0.3, 0.4) is 0 Å². The predicted octanol–water partition coefficient (Wildman–Crippen LogP) is 4.33. The highest BCUT2D eigenvalue weighted by molar-refractivity contribution is 7.17. The number of aliphatic hydroxyl groups excluding tert-OH is 1. The van der Waals surface area contributed by atoms with Gasteiger partial charge in [0.15, 0.2) is 5.13 Å². The van der Waals surface area contributed by atoms with Crippen molar-refractivity contribution < 1.29 is 33.4 Å². The fourth-order valence-electron chi connectivity index (χ4n) is 4.51. The first-order chi connectivity index (χ1) is 17.2. The minimum Gasteiger partial charge on any atom is -0.507 e. The SMILES string of the molecule is COC(=O)c1sc(N2C(=O)C(=O)/C(=C(/O)c3ccc4c(c3)C[C@H](C)O4)[C@H]2c2ccccc2F)nc1C. The molecule has 0 radical (unpaired) electrons. The van der Waals surface area contributed by atoms with Crippen molar-refractivity contribution in [1.82, 2.24) is 4.98 Å². The maximum absolute atomic E-state index is 15.1. The Morgan fingerprint density at radius 2 is 2.00 bits per heavy atom. The van der Waals surface area contributed by atoms with E-state index < -0.39 is 35.3 Å². The van der Waals surface area contributed by atoms with Crippen LogP contribution in [0.25, 0.3) is 5.76 Å². The number of carbonyl (C=O) groups is 3. The van der Waals surface area contributed by atoms with E-state index in [9.17, 15) is 19.5 Å². The Hall–Kier alpha value is -4.05. The largest absolute Gasteiger partial charge is 0.507 e. The number of nitrogens with zero attached hydrogens (tertiary/aromatic N) is 2. The number of amides is 1. The summed E-state index contributed by atoms with van der Waals surface area (Å²) in [5.41, 5.74) is 1.18. The molecule has 3 aromatic rings. The fourth-order valence-corrected chi connectivity index (χ4v) is 5.52. The molecule has 184 valence electrons. The molecule has 2 aromatic carbocycles. The number of benzene rings is 2. The number of fused-ring (bicyclic) bond motifs is 1. The summed E-state index contributed by atoms with van der Waals surface area (Å²) in [6.07, 6.45) is 0.592. The first-order valence-electron chi connectivity index (χ1n) is 11.1. The van der Waals surface area contributed by atoms with E-state index in [2.05, 4.69) is 4.98 Å². The van der Waals surface area contributed by atoms with Crippen LogP contribution in [0.15, 0.2) is 48.0 Å². The van der Waals surface area contributed by atoms with Gasteiger partial charge in [0.1, 0.15) is 34.3 Å². The lowest BCUT2D eigenvalue weighted by Crippen LogP contribution is -2.29. The maximum atomic E-state index is 15.1. The van der Waals surface area contributed by atoms with Gasteiger partial charge in [0.2, 0.25) is 0 Å². The summed E-state index contributed by atoms with van der Waals surface area (Å²) < 4.78 is 25.5. The van der Waals surface area contributed by atoms with Crippen molar-refractivity contribution in [2.45, 2.75) is 32.4 Å². The molecular weight excluding hydrogens is 487 g/mol. The number of ether oxygens (including phenoxy) is 2. The third-order valence-electron chi connectivity index (χ3n) is 6.18. The van der Waals surface area contributed by atoms with Crippen molar-refractivity contribution in [3.63, 3.8) is 0 Å². The predicted molar refractivity (Wildman–Crippen MR) is 130 cm³/mol. The number of rotatable bonds is 4. The Kier molecular flexibility index (Phi) is 5.83. The Morgan fingerprint density at radius 1 is 1.25 bits per heavy atom. The van der Waals surface area contributed by atoms with Gasteiger partial charge in [0.05, 0.1) is 18.4 Å². The van der Waals surface area contributed by atoms with Gasteiger partial charge in [-0.1, -0.05) is 29.5 Å². The molecule has 10 heteroatoms. The van der Waals surface area contributed by atoms with E-state index in [-0.39, 0.29) is 27.2 Å². The lowest BCUT2D eigenvalue weighted by molar-refractivity contribution is -0.132. The number of anilines is 1. The van der Waals surface area contributed by atoms with Crippen molar-refractivity contribution in [2.75, 3.05) is 12.0 Å². The average Bonchev–Trinajstić information content (AvgIpc) is 3.50. The summed E-state index contributed by atoms with van der Waals surface area (Å²) in [7, 11) is 1.22. The molecule has 1 amide bonds. The number of aromatic nitrogens is 1. The smallest absolute Gasteiger partial charge is 0.350 e. The molecule has 2 aliphatic rings. The molecule has 5 rings (SSSR count). The Labute approximate surface area is 209 Å². The molecule has 2 atom stereocenters. The van der Waals surface area contributed by atoms with Gasteiger partial charge in [-0.2, -0.15) is 0 Å². The number of carbonyl (C=O) groups excluding carboxylic acids is 3. The van der Waals surface area contributed by atoms with Crippen molar-refractivity contribution in [3.8, 4) is 5.75 Å². The summed E-state index contributed by atoms with van der Waals surface area (Å²) in [6, 6.07) is 9.36. The second kappa shape index (κ2) is 8.87. The van der Waals surface area contributed by atoms with E-state index in [1.807, 2.05) is 6.92 Å². The van der Waals surface area contributed by atoms with E-state index in [4.69, 9.17) is 9.47 Å². The van der Waals surface area contributed by atoms with E-state index in [0.717, 1.165) is 21.8 Å². The van der Waals surface area contributed by atoms with E-state index in [1.54, 1.807) is 31.2 Å². The zero-order valence-corrected chi connectivity index (χ0v) is 20.4. The second-order valence-electron chi connectivity index (χ2n) is 8.55. The summed E-state index contributed by atoms with van der Waals surface area (Å²) >= 11 is 0.850. The number of methoxy groups -OCH3 is 1. The van der Waals surface area contributed by atoms with Gasteiger partial charge in [0.25, 0.3) is 5.78 Å². The zero-order valence-electron chi connectivity index (χ0n) is 19.6. The number of Topliss-reactive ketones (excluding diaryl/α,β-unsaturated/α-hetero) is 1. The molecule has 0 saturated carbocycles. The van der Waals surface area contributed by atoms with E-state index in [0.29, 0.717) is 23.4 Å². The number of hydrogen-bond donors (Lipinski definition) is 1. The summed E-state index contributed by atoms with van der Waals surface area (Å²) in [4.78, 5) is 44.2. The number of aliphatic hydroxyl groups is 1. The molecule has 36 heavy (non-hydrogen) atoms. The van der Waals surface area contributed by atoms with E-state index in [1.165, 1.54) is 25.3 Å². The van der Waals surface area contributed by atoms with Crippen LogP contribution in [0.4, 0.5) is 9.52 Å². The molecule has 0 aliphatic carbocycles. The molecule has 0 bridgehead atoms. The summed E-state index contributed by atoms with van der Waals surface area (Å²) in [5, 5.41) is 11.3. The average molecular weight is 509 g/mol. The molecule has 0 unspecified atom stereocenters. The van der Waals surface area contributed by atoms with Crippen LogP contribution in [0.5, 0.6) is 5.75 Å². The van der Waals surface area contributed by atoms with Crippen LogP contribution in [-0.4, -0.2) is 41.0 Å². The first-order valence-corrected chi connectivity index (χ1v) is 11.9. The van der Waals surface area contributed by atoms with Gasteiger partial charge in [-0.15, -0.1) is 0 Å². The molecule has 1 saturated heterocycles. The van der Waals surface area contributed by atoms with Crippen LogP contribution in [0.2, 0.25) is 0 Å². The van der Waals surface area contributed by atoms with Crippen molar-refractivity contribution in [2.24, 2.45) is 0 Å². The topological polar surface area (TPSA) is 106 Å². The van der Waals surface area contributed by atoms with Gasteiger partial charge in [-0.05, 0) is 43.7 Å². The lowest BCUT2D eigenvalue weighted by atomic mass is 9.94. The monoisotopic (exact) mass is 508 g/mol. The third kappa shape index (κ3) is 3.74. The molecule has 8 nitrogen and oxygen atoms in total.